The Morgan fingerprint density at radius 2 is 2.00 bits per heavy atom. The largest absolute Gasteiger partial charge is 0.347 e. The number of aryl methyl sites for hydroxylation is 1. The molecule has 2 nitrogen and oxygen atoms in total. The highest BCUT2D eigenvalue weighted by Gasteiger charge is 2.07. The molecular weight excluding hydrogens is 302 g/mol. The van der Waals surface area contributed by atoms with Gasteiger partial charge in [0.25, 0.3) is 0 Å². The zero-order valence-electron chi connectivity index (χ0n) is 11.4. The second-order valence-electron chi connectivity index (χ2n) is 4.97. The molecule has 19 heavy (non-hydrogen) atoms. The number of benzene rings is 1. The Hall–Kier alpha value is -1.09. The van der Waals surface area contributed by atoms with Crippen LogP contribution in [0.1, 0.15) is 49.4 Å². The van der Waals surface area contributed by atoms with E-state index >= 15 is 0 Å². The van der Waals surface area contributed by atoms with Crippen LogP contribution in [0.15, 0.2) is 28.9 Å². The molecule has 1 aromatic carbocycles. The van der Waals surface area contributed by atoms with Gasteiger partial charge in [0, 0.05) is 33.7 Å². The van der Waals surface area contributed by atoms with Crippen LogP contribution in [0.25, 0.3) is 10.9 Å². The van der Waals surface area contributed by atoms with E-state index < -0.39 is 0 Å². The summed E-state index contributed by atoms with van der Waals surface area (Å²) >= 11 is 3.46. The van der Waals surface area contributed by atoms with Crippen molar-refractivity contribution in [2.75, 3.05) is 0 Å². The predicted molar refractivity (Wildman–Crippen MR) is 83.8 cm³/mol. The van der Waals surface area contributed by atoms with Crippen molar-refractivity contribution in [1.29, 1.82) is 0 Å². The van der Waals surface area contributed by atoms with Crippen molar-refractivity contribution in [2.24, 2.45) is 0 Å². The lowest BCUT2D eigenvalue weighted by Crippen LogP contribution is -1.96. The van der Waals surface area contributed by atoms with E-state index in [4.69, 9.17) is 0 Å². The smallest absolute Gasteiger partial charge is 0.152 e. The third-order valence-corrected chi connectivity index (χ3v) is 4.00. The molecule has 0 bridgehead atoms. The third kappa shape index (κ3) is 3.47. The van der Waals surface area contributed by atoms with E-state index in [1.807, 2.05) is 18.3 Å². The molecular formula is C16H20BrNO. The molecule has 0 aliphatic carbocycles. The maximum Gasteiger partial charge on any atom is 0.152 e. The fraction of sp³-hybridized carbons (Fsp3) is 0.438. The molecule has 0 spiro atoms. The first-order valence-corrected chi connectivity index (χ1v) is 7.79. The van der Waals surface area contributed by atoms with Crippen LogP contribution in [0.4, 0.5) is 0 Å². The molecule has 0 N–H and O–H groups in total. The number of hydrogen-bond donors (Lipinski definition) is 0. The minimum absolute atomic E-state index is 0.782. The lowest BCUT2D eigenvalue weighted by Gasteiger charge is -2.05. The van der Waals surface area contributed by atoms with Crippen LogP contribution in [0.3, 0.4) is 0 Å². The van der Waals surface area contributed by atoms with Crippen LogP contribution in [-0.4, -0.2) is 10.9 Å². The highest BCUT2D eigenvalue weighted by atomic mass is 79.9. The van der Waals surface area contributed by atoms with Gasteiger partial charge in [-0.25, -0.2) is 0 Å². The SMILES string of the molecule is CCCCCCCn1cc(C=O)c2cc(Br)ccc21. The number of aromatic nitrogens is 1. The number of unbranched alkanes of at least 4 members (excludes halogenated alkanes) is 4. The molecule has 0 saturated carbocycles. The molecule has 0 fully saturated rings. The van der Waals surface area contributed by atoms with Crippen LogP contribution < -0.4 is 0 Å². The highest BCUT2D eigenvalue weighted by Crippen LogP contribution is 2.24. The van der Waals surface area contributed by atoms with Gasteiger partial charge >= 0.3 is 0 Å². The van der Waals surface area contributed by atoms with Gasteiger partial charge in [-0.1, -0.05) is 48.5 Å². The number of carbonyl (C=O) groups is 1. The first-order chi connectivity index (χ1) is 9.26. The minimum atomic E-state index is 0.782. The summed E-state index contributed by atoms with van der Waals surface area (Å²) in [5.74, 6) is 0. The van der Waals surface area contributed by atoms with E-state index in [-0.39, 0.29) is 0 Å². The Labute approximate surface area is 122 Å². The third-order valence-electron chi connectivity index (χ3n) is 3.50. The summed E-state index contributed by atoms with van der Waals surface area (Å²) < 4.78 is 3.22. The van der Waals surface area contributed by atoms with Crippen molar-refractivity contribution in [1.82, 2.24) is 4.57 Å². The fourth-order valence-corrected chi connectivity index (χ4v) is 2.82. The van der Waals surface area contributed by atoms with E-state index in [0.717, 1.165) is 33.8 Å². The van der Waals surface area contributed by atoms with Gasteiger partial charge in [0.2, 0.25) is 0 Å². The van der Waals surface area contributed by atoms with Gasteiger partial charge in [0.15, 0.2) is 6.29 Å². The van der Waals surface area contributed by atoms with Crippen molar-refractivity contribution >= 4 is 33.1 Å². The van der Waals surface area contributed by atoms with E-state index in [2.05, 4.69) is 33.5 Å². The van der Waals surface area contributed by atoms with Crippen molar-refractivity contribution < 1.29 is 4.79 Å². The molecule has 1 heterocycles. The quantitative estimate of drug-likeness (QED) is 0.508. The Bertz CT molecular complexity index is 559. The number of rotatable bonds is 7. The Kier molecular flexibility index (Phi) is 5.20. The molecule has 0 saturated heterocycles. The summed E-state index contributed by atoms with van der Waals surface area (Å²) in [5, 5.41) is 1.04. The van der Waals surface area contributed by atoms with Gasteiger partial charge in [-0.15, -0.1) is 0 Å². The van der Waals surface area contributed by atoms with Crippen molar-refractivity contribution in [3.63, 3.8) is 0 Å². The molecule has 102 valence electrons. The summed E-state index contributed by atoms with van der Waals surface area (Å²) in [6.45, 7) is 3.23. The van der Waals surface area contributed by atoms with Crippen LogP contribution >= 0.6 is 15.9 Å². The molecule has 0 amide bonds. The van der Waals surface area contributed by atoms with Crippen LogP contribution in [0, 0.1) is 0 Å². The molecule has 2 rings (SSSR count). The molecule has 1 aromatic heterocycles. The van der Waals surface area contributed by atoms with Crippen LogP contribution in [0.5, 0.6) is 0 Å². The normalized spacial score (nSPS) is 11.1. The van der Waals surface area contributed by atoms with Gasteiger partial charge < -0.3 is 4.57 Å². The van der Waals surface area contributed by atoms with Crippen molar-refractivity contribution in [3.05, 3.63) is 34.4 Å². The lowest BCUT2D eigenvalue weighted by molar-refractivity contribution is 0.112. The molecule has 0 aliphatic rings. The Balaban J connectivity index is 2.12. The number of hydrogen-bond acceptors (Lipinski definition) is 1. The summed E-state index contributed by atoms with van der Waals surface area (Å²) in [7, 11) is 0. The van der Waals surface area contributed by atoms with E-state index in [9.17, 15) is 4.79 Å². The Morgan fingerprint density at radius 3 is 2.74 bits per heavy atom. The second kappa shape index (κ2) is 6.90. The first-order valence-electron chi connectivity index (χ1n) is 7.00. The van der Waals surface area contributed by atoms with Gasteiger partial charge in [-0.05, 0) is 24.6 Å². The van der Waals surface area contributed by atoms with Crippen molar-refractivity contribution in [2.45, 2.75) is 45.6 Å². The molecule has 0 aliphatic heterocycles. The monoisotopic (exact) mass is 321 g/mol. The lowest BCUT2D eigenvalue weighted by atomic mass is 10.1. The second-order valence-corrected chi connectivity index (χ2v) is 5.89. The van der Waals surface area contributed by atoms with Gasteiger partial charge in [-0.2, -0.15) is 0 Å². The average molecular weight is 322 g/mol. The zero-order valence-corrected chi connectivity index (χ0v) is 12.9. The van der Waals surface area contributed by atoms with Gasteiger partial charge in [-0.3, -0.25) is 4.79 Å². The summed E-state index contributed by atoms with van der Waals surface area (Å²) in [5.41, 5.74) is 1.94. The maximum absolute atomic E-state index is 11.1. The van der Waals surface area contributed by atoms with E-state index in [1.54, 1.807) is 0 Å². The standard InChI is InChI=1S/C16H20BrNO/c1-2-3-4-5-6-9-18-11-13(12-19)15-10-14(17)7-8-16(15)18/h7-8,10-12H,2-6,9H2,1H3. The molecule has 2 aromatic rings. The summed E-state index contributed by atoms with van der Waals surface area (Å²) in [6, 6.07) is 6.13. The summed E-state index contributed by atoms with van der Waals surface area (Å²) in [6.07, 6.45) is 9.27. The number of fused-ring (bicyclic) bond motifs is 1. The van der Waals surface area contributed by atoms with Crippen LogP contribution in [0.2, 0.25) is 0 Å². The fourth-order valence-electron chi connectivity index (χ4n) is 2.46. The van der Waals surface area contributed by atoms with Gasteiger partial charge in [0.1, 0.15) is 0 Å². The van der Waals surface area contributed by atoms with E-state index in [1.165, 1.54) is 32.1 Å². The number of halogens is 1. The van der Waals surface area contributed by atoms with Crippen LogP contribution in [-0.2, 0) is 6.54 Å². The molecule has 0 radical (unpaired) electrons. The van der Waals surface area contributed by atoms with Gasteiger partial charge in [0.05, 0.1) is 0 Å². The van der Waals surface area contributed by atoms with Crippen molar-refractivity contribution in [3.8, 4) is 0 Å². The molecule has 0 unspecified atom stereocenters. The zero-order chi connectivity index (χ0) is 13.7. The Morgan fingerprint density at radius 1 is 1.21 bits per heavy atom. The number of carbonyl (C=O) groups excluding carboxylic acids is 1. The average Bonchev–Trinajstić information content (AvgIpc) is 2.76. The highest BCUT2D eigenvalue weighted by molar-refractivity contribution is 9.10. The minimum Gasteiger partial charge on any atom is -0.347 e. The predicted octanol–water partition coefficient (Wildman–Crippen LogP) is 5.19. The number of aldehydes is 1. The maximum atomic E-state index is 11.1. The summed E-state index contributed by atoms with van der Waals surface area (Å²) in [4.78, 5) is 11.1. The molecule has 0 atom stereocenters. The first kappa shape index (κ1) is 14.3. The topological polar surface area (TPSA) is 22.0 Å². The van der Waals surface area contributed by atoms with E-state index in [0.29, 0.717) is 0 Å². The molecule has 3 heteroatoms. The number of nitrogens with zero attached hydrogens (tertiary/aromatic N) is 1.